The summed E-state index contributed by atoms with van der Waals surface area (Å²) in [5.41, 5.74) is 2.09. The molecule has 5 heteroatoms. The standard InChI is InChI=1S/C22H18FN3O/c23-17-4-1-3-15(11-17)6-7-16-8-9-19-20(12-16)24-21-14-25-10-2-5-18(25)13-26(21)22(19)27/h1,3-4,8-9,11-12,18H,2,5,10,13-14H2/t18-/m1/s1. The first kappa shape index (κ1) is 16.2. The number of hydrogen-bond acceptors (Lipinski definition) is 3. The Morgan fingerprint density at radius 1 is 1.11 bits per heavy atom. The summed E-state index contributed by atoms with van der Waals surface area (Å²) in [6.45, 7) is 2.55. The average Bonchev–Trinajstić information content (AvgIpc) is 3.12. The summed E-state index contributed by atoms with van der Waals surface area (Å²) < 4.78 is 15.1. The highest BCUT2D eigenvalue weighted by atomic mass is 19.1. The van der Waals surface area contributed by atoms with Crippen LogP contribution >= 0.6 is 0 Å². The van der Waals surface area contributed by atoms with Gasteiger partial charge in [-0.25, -0.2) is 9.37 Å². The zero-order valence-electron chi connectivity index (χ0n) is 14.8. The van der Waals surface area contributed by atoms with Gasteiger partial charge in [0.2, 0.25) is 0 Å². The summed E-state index contributed by atoms with van der Waals surface area (Å²) in [6.07, 6.45) is 2.34. The topological polar surface area (TPSA) is 38.1 Å². The molecule has 1 atom stereocenters. The minimum Gasteiger partial charge on any atom is -0.293 e. The molecule has 3 aromatic rings. The van der Waals surface area contributed by atoms with Crippen LogP contribution in [0.25, 0.3) is 10.9 Å². The maximum Gasteiger partial charge on any atom is 0.261 e. The van der Waals surface area contributed by atoms with Gasteiger partial charge in [0.05, 0.1) is 17.4 Å². The summed E-state index contributed by atoms with van der Waals surface area (Å²) in [5, 5.41) is 0.626. The molecule has 0 radical (unpaired) electrons. The van der Waals surface area contributed by atoms with Gasteiger partial charge in [0.25, 0.3) is 5.56 Å². The summed E-state index contributed by atoms with van der Waals surface area (Å²) in [4.78, 5) is 20.1. The van der Waals surface area contributed by atoms with E-state index >= 15 is 0 Å². The molecule has 1 aromatic heterocycles. The highest BCUT2D eigenvalue weighted by molar-refractivity contribution is 5.79. The monoisotopic (exact) mass is 359 g/mol. The number of rotatable bonds is 0. The molecule has 0 bridgehead atoms. The van der Waals surface area contributed by atoms with Crippen LogP contribution in [-0.2, 0) is 13.1 Å². The smallest absolute Gasteiger partial charge is 0.261 e. The van der Waals surface area contributed by atoms with Gasteiger partial charge in [-0.3, -0.25) is 14.3 Å². The molecule has 3 heterocycles. The minimum absolute atomic E-state index is 0.0335. The molecule has 1 fully saturated rings. The van der Waals surface area contributed by atoms with Crippen LogP contribution in [0.5, 0.6) is 0 Å². The van der Waals surface area contributed by atoms with Crippen LogP contribution in [0.3, 0.4) is 0 Å². The largest absolute Gasteiger partial charge is 0.293 e. The van der Waals surface area contributed by atoms with Gasteiger partial charge in [0.1, 0.15) is 11.6 Å². The number of hydrogen-bond donors (Lipinski definition) is 0. The molecule has 5 rings (SSSR count). The maximum atomic E-state index is 13.3. The van der Waals surface area contributed by atoms with Crippen molar-refractivity contribution in [2.75, 3.05) is 6.54 Å². The van der Waals surface area contributed by atoms with E-state index in [4.69, 9.17) is 4.98 Å². The third-order valence-corrected chi connectivity index (χ3v) is 5.45. The van der Waals surface area contributed by atoms with E-state index in [1.807, 2.05) is 16.7 Å². The van der Waals surface area contributed by atoms with Crippen molar-refractivity contribution in [3.63, 3.8) is 0 Å². The van der Waals surface area contributed by atoms with Crippen LogP contribution in [-0.4, -0.2) is 27.0 Å². The summed E-state index contributed by atoms with van der Waals surface area (Å²) >= 11 is 0. The number of nitrogens with zero attached hydrogens (tertiary/aromatic N) is 3. The fourth-order valence-electron chi connectivity index (χ4n) is 4.07. The van der Waals surface area contributed by atoms with E-state index in [9.17, 15) is 9.18 Å². The van der Waals surface area contributed by atoms with Crippen LogP contribution in [0.1, 0.15) is 29.8 Å². The van der Waals surface area contributed by atoms with E-state index < -0.39 is 0 Å². The Kier molecular flexibility index (Phi) is 3.80. The quantitative estimate of drug-likeness (QED) is 0.579. The van der Waals surface area contributed by atoms with Gasteiger partial charge in [0, 0.05) is 23.7 Å². The van der Waals surface area contributed by atoms with Crippen LogP contribution in [0.4, 0.5) is 4.39 Å². The van der Waals surface area contributed by atoms with Crippen molar-refractivity contribution in [2.24, 2.45) is 0 Å². The Balaban J connectivity index is 1.55. The summed E-state index contributed by atoms with van der Waals surface area (Å²) in [5.74, 6) is 6.54. The Morgan fingerprint density at radius 3 is 2.81 bits per heavy atom. The van der Waals surface area contributed by atoms with Gasteiger partial charge in [-0.2, -0.15) is 0 Å². The molecule has 2 aliphatic heterocycles. The average molecular weight is 359 g/mol. The maximum absolute atomic E-state index is 13.3. The van der Waals surface area contributed by atoms with Crippen LogP contribution in [0.2, 0.25) is 0 Å². The zero-order chi connectivity index (χ0) is 18.4. The van der Waals surface area contributed by atoms with E-state index in [1.54, 1.807) is 18.2 Å². The molecule has 0 unspecified atom stereocenters. The Bertz CT molecular complexity index is 1170. The predicted molar refractivity (Wildman–Crippen MR) is 102 cm³/mol. The van der Waals surface area contributed by atoms with Gasteiger partial charge in [-0.15, -0.1) is 0 Å². The molecule has 134 valence electrons. The van der Waals surface area contributed by atoms with Crippen molar-refractivity contribution in [3.05, 3.63) is 75.6 Å². The number of benzene rings is 2. The van der Waals surface area contributed by atoms with Crippen molar-refractivity contribution in [3.8, 4) is 11.8 Å². The molecule has 0 aliphatic carbocycles. The molecule has 0 amide bonds. The minimum atomic E-state index is -0.304. The molecule has 2 aliphatic rings. The first-order valence-electron chi connectivity index (χ1n) is 9.22. The van der Waals surface area contributed by atoms with Crippen molar-refractivity contribution in [2.45, 2.75) is 32.0 Å². The number of halogens is 1. The van der Waals surface area contributed by atoms with Gasteiger partial charge in [0.15, 0.2) is 0 Å². The second kappa shape index (κ2) is 6.33. The fraction of sp³-hybridized carbons (Fsp3) is 0.273. The lowest BCUT2D eigenvalue weighted by atomic mass is 10.1. The van der Waals surface area contributed by atoms with Crippen LogP contribution in [0, 0.1) is 17.7 Å². The highest BCUT2D eigenvalue weighted by Gasteiger charge is 2.31. The van der Waals surface area contributed by atoms with Gasteiger partial charge in [-0.05, 0) is 55.8 Å². The molecule has 2 aromatic carbocycles. The zero-order valence-corrected chi connectivity index (χ0v) is 14.8. The third-order valence-electron chi connectivity index (χ3n) is 5.45. The van der Waals surface area contributed by atoms with Gasteiger partial charge in [-0.1, -0.05) is 17.9 Å². The fourth-order valence-corrected chi connectivity index (χ4v) is 4.07. The van der Waals surface area contributed by atoms with Crippen LogP contribution < -0.4 is 5.56 Å². The van der Waals surface area contributed by atoms with Crippen molar-refractivity contribution < 1.29 is 4.39 Å². The van der Waals surface area contributed by atoms with E-state index in [-0.39, 0.29) is 11.4 Å². The lowest BCUT2D eigenvalue weighted by molar-refractivity contribution is 0.181. The second-order valence-corrected chi connectivity index (χ2v) is 7.20. The first-order valence-corrected chi connectivity index (χ1v) is 9.22. The molecule has 0 spiro atoms. The lowest BCUT2D eigenvalue weighted by Gasteiger charge is -2.31. The van der Waals surface area contributed by atoms with Crippen molar-refractivity contribution in [1.29, 1.82) is 0 Å². The van der Waals surface area contributed by atoms with E-state index in [2.05, 4.69) is 16.7 Å². The number of fused-ring (bicyclic) bond motifs is 3. The second-order valence-electron chi connectivity index (χ2n) is 7.20. The van der Waals surface area contributed by atoms with E-state index in [0.717, 1.165) is 37.4 Å². The first-order chi connectivity index (χ1) is 13.2. The predicted octanol–water partition coefficient (Wildman–Crippen LogP) is 2.91. The molecule has 0 N–H and O–H groups in total. The molecular formula is C22H18FN3O. The SMILES string of the molecule is O=c1c2ccc(C#Cc3cccc(F)c3)cc2nc2n1C[C@H]1CCCN1C2. The summed E-state index contributed by atoms with van der Waals surface area (Å²) in [7, 11) is 0. The molecule has 27 heavy (non-hydrogen) atoms. The third kappa shape index (κ3) is 2.92. The summed E-state index contributed by atoms with van der Waals surface area (Å²) in [6, 6.07) is 12.1. The van der Waals surface area contributed by atoms with Crippen molar-refractivity contribution in [1.82, 2.24) is 14.5 Å². The van der Waals surface area contributed by atoms with Crippen LogP contribution in [0.15, 0.2) is 47.3 Å². The lowest BCUT2D eigenvalue weighted by Crippen LogP contribution is -2.43. The molecule has 0 saturated carbocycles. The van der Waals surface area contributed by atoms with E-state index in [0.29, 0.717) is 22.5 Å². The Hall–Kier alpha value is -2.97. The Labute approximate surface area is 156 Å². The van der Waals surface area contributed by atoms with Gasteiger partial charge < -0.3 is 0 Å². The molecular weight excluding hydrogens is 341 g/mol. The highest BCUT2D eigenvalue weighted by Crippen LogP contribution is 2.25. The molecule has 1 saturated heterocycles. The van der Waals surface area contributed by atoms with Crippen molar-refractivity contribution >= 4 is 10.9 Å². The van der Waals surface area contributed by atoms with E-state index in [1.165, 1.54) is 18.6 Å². The van der Waals surface area contributed by atoms with Gasteiger partial charge >= 0.3 is 0 Å². The number of aromatic nitrogens is 2. The Morgan fingerprint density at radius 2 is 1.96 bits per heavy atom. The molecule has 4 nitrogen and oxygen atoms in total. The normalized spacial score (nSPS) is 18.6.